The molecule has 1 aromatic rings. The third-order valence-electron chi connectivity index (χ3n) is 3.33. The summed E-state index contributed by atoms with van der Waals surface area (Å²) < 4.78 is 11.2. The molecule has 104 valence electrons. The Balaban J connectivity index is 1.77. The Labute approximate surface area is 114 Å². The highest BCUT2D eigenvalue weighted by Crippen LogP contribution is 2.17. The molecule has 4 heteroatoms. The molecule has 1 unspecified atom stereocenters. The third kappa shape index (κ3) is 4.56. The van der Waals surface area contributed by atoms with Crippen LogP contribution in [0.4, 0.5) is 0 Å². The molecule has 0 bridgehead atoms. The van der Waals surface area contributed by atoms with Gasteiger partial charge in [-0.05, 0) is 50.3 Å². The quantitative estimate of drug-likeness (QED) is 0.487. The van der Waals surface area contributed by atoms with E-state index in [9.17, 15) is 0 Å². The summed E-state index contributed by atoms with van der Waals surface area (Å²) in [5, 5.41) is 11.8. The van der Waals surface area contributed by atoms with Gasteiger partial charge in [0.15, 0.2) is 0 Å². The molecule has 1 heterocycles. The molecule has 4 nitrogen and oxygen atoms in total. The molecule has 1 aliphatic heterocycles. The third-order valence-corrected chi connectivity index (χ3v) is 3.33. The van der Waals surface area contributed by atoms with E-state index in [1.54, 1.807) is 0 Å². The summed E-state index contributed by atoms with van der Waals surface area (Å²) >= 11 is 0. The highest BCUT2D eigenvalue weighted by molar-refractivity contribution is 5.81. The molecule has 0 aromatic heterocycles. The van der Waals surface area contributed by atoms with E-state index in [4.69, 9.17) is 14.7 Å². The van der Waals surface area contributed by atoms with Crippen molar-refractivity contribution in [3.63, 3.8) is 0 Å². The summed E-state index contributed by atoms with van der Waals surface area (Å²) in [4.78, 5) is 0. The highest BCUT2D eigenvalue weighted by atomic mass is 16.5. The Kier molecular flexibility index (Phi) is 5.21. The monoisotopic (exact) mass is 263 g/mol. The van der Waals surface area contributed by atoms with Crippen LogP contribution in [0.25, 0.3) is 0 Å². The van der Waals surface area contributed by atoms with Crippen LogP contribution < -0.4 is 4.74 Å². The van der Waals surface area contributed by atoms with Crippen molar-refractivity contribution in [1.82, 2.24) is 0 Å². The largest absolute Gasteiger partial charge is 0.491 e. The normalized spacial score (nSPS) is 19.6. The molecule has 1 atom stereocenters. The number of ether oxygens (including phenoxy) is 2. The first-order chi connectivity index (χ1) is 9.28. The van der Waals surface area contributed by atoms with Gasteiger partial charge in [0.25, 0.3) is 0 Å². The van der Waals surface area contributed by atoms with Crippen molar-refractivity contribution in [3.8, 4) is 5.75 Å². The van der Waals surface area contributed by atoms with E-state index in [1.807, 2.05) is 19.1 Å². The topological polar surface area (TPSA) is 51.0 Å². The van der Waals surface area contributed by atoms with E-state index in [0.717, 1.165) is 43.8 Å². The maximum Gasteiger partial charge on any atom is 0.119 e. The van der Waals surface area contributed by atoms with Crippen molar-refractivity contribution in [3.05, 3.63) is 29.8 Å². The van der Waals surface area contributed by atoms with Crippen molar-refractivity contribution < 1.29 is 14.7 Å². The summed E-state index contributed by atoms with van der Waals surface area (Å²) in [6, 6.07) is 8.07. The van der Waals surface area contributed by atoms with E-state index >= 15 is 0 Å². The van der Waals surface area contributed by atoms with Crippen LogP contribution in [0.3, 0.4) is 0 Å². The maximum atomic E-state index is 8.59. The smallest absolute Gasteiger partial charge is 0.119 e. The zero-order valence-electron chi connectivity index (χ0n) is 11.3. The number of rotatable bonds is 6. The van der Waals surface area contributed by atoms with E-state index in [-0.39, 0.29) is 6.10 Å². The van der Waals surface area contributed by atoms with Gasteiger partial charge in [0.2, 0.25) is 0 Å². The second kappa shape index (κ2) is 7.14. The lowest BCUT2D eigenvalue weighted by Gasteiger charge is -2.11. The van der Waals surface area contributed by atoms with E-state index in [2.05, 4.69) is 17.3 Å². The van der Waals surface area contributed by atoms with E-state index in [0.29, 0.717) is 6.61 Å². The van der Waals surface area contributed by atoms with Gasteiger partial charge in [-0.3, -0.25) is 0 Å². The molecular weight excluding hydrogens is 242 g/mol. The van der Waals surface area contributed by atoms with Crippen LogP contribution in [-0.2, 0) is 11.2 Å². The minimum atomic E-state index is 0.253. The minimum Gasteiger partial charge on any atom is -0.491 e. The number of aryl methyl sites for hydroxylation is 1. The number of nitrogens with zero attached hydrogens (tertiary/aromatic N) is 1. The zero-order chi connectivity index (χ0) is 13.5. The van der Waals surface area contributed by atoms with E-state index < -0.39 is 0 Å². The second-order valence-corrected chi connectivity index (χ2v) is 4.93. The van der Waals surface area contributed by atoms with Crippen LogP contribution in [0.5, 0.6) is 5.75 Å². The Morgan fingerprint density at radius 1 is 1.42 bits per heavy atom. The first kappa shape index (κ1) is 13.9. The van der Waals surface area contributed by atoms with Gasteiger partial charge in [-0.2, -0.15) is 0 Å². The fourth-order valence-corrected chi connectivity index (χ4v) is 2.09. The zero-order valence-corrected chi connectivity index (χ0v) is 11.3. The van der Waals surface area contributed by atoms with Crippen molar-refractivity contribution in [2.24, 2.45) is 5.16 Å². The number of hydrogen-bond donors (Lipinski definition) is 1. The number of hydrogen-bond acceptors (Lipinski definition) is 4. The molecule has 1 fully saturated rings. The summed E-state index contributed by atoms with van der Waals surface area (Å²) in [5.74, 6) is 0.881. The molecule has 0 amide bonds. The summed E-state index contributed by atoms with van der Waals surface area (Å²) in [7, 11) is 0. The first-order valence-electron chi connectivity index (χ1n) is 6.79. The molecule has 0 aliphatic carbocycles. The maximum absolute atomic E-state index is 8.59. The van der Waals surface area contributed by atoms with Gasteiger partial charge in [-0.1, -0.05) is 17.3 Å². The Morgan fingerprint density at radius 2 is 2.21 bits per heavy atom. The average molecular weight is 263 g/mol. The van der Waals surface area contributed by atoms with Crippen LogP contribution in [0.1, 0.15) is 31.7 Å². The molecule has 0 spiro atoms. The summed E-state index contributed by atoms with van der Waals surface area (Å²) in [6.07, 6.45) is 4.13. The molecule has 1 N–H and O–H groups in total. The van der Waals surface area contributed by atoms with Crippen LogP contribution in [0.15, 0.2) is 29.4 Å². The summed E-state index contributed by atoms with van der Waals surface area (Å²) in [5.41, 5.74) is 1.96. The first-order valence-corrected chi connectivity index (χ1v) is 6.79. The van der Waals surface area contributed by atoms with Gasteiger partial charge in [-0.15, -0.1) is 0 Å². The number of benzene rings is 1. The van der Waals surface area contributed by atoms with Gasteiger partial charge >= 0.3 is 0 Å². The molecule has 19 heavy (non-hydrogen) atoms. The lowest BCUT2D eigenvalue weighted by molar-refractivity contribution is 0.0679. The van der Waals surface area contributed by atoms with Gasteiger partial charge in [-0.25, -0.2) is 0 Å². The molecule has 0 saturated carbocycles. The van der Waals surface area contributed by atoms with E-state index in [1.165, 1.54) is 5.56 Å². The fraction of sp³-hybridized carbons (Fsp3) is 0.533. The second-order valence-electron chi connectivity index (χ2n) is 4.93. The molecule has 1 aliphatic rings. The molecule has 0 radical (unpaired) electrons. The van der Waals surface area contributed by atoms with Crippen LogP contribution in [0.2, 0.25) is 0 Å². The van der Waals surface area contributed by atoms with Crippen LogP contribution in [0, 0.1) is 0 Å². The SMILES string of the molecule is C/C(CCc1ccc(OCC2CCCO2)cc1)=N\O. The van der Waals surface area contributed by atoms with Crippen molar-refractivity contribution in [1.29, 1.82) is 0 Å². The van der Waals surface area contributed by atoms with Gasteiger partial charge < -0.3 is 14.7 Å². The average Bonchev–Trinajstić information content (AvgIpc) is 2.97. The van der Waals surface area contributed by atoms with Gasteiger partial charge in [0, 0.05) is 6.61 Å². The van der Waals surface area contributed by atoms with Crippen LogP contribution in [-0.4, -0.2) is 30.2 Å². The lowest BCUT2D eigenvalue weighted by atomic mass is 10.1. The van der Waals surface area contributed by atoms with Crippen molar-refractivity contribution in [2.45, 2.75) is 38.7 Å². The molecule has 2 rings (SSSR count). The molecular formula is C15H21NO3. The van der Waals surface area contributed by atoms with Crippen LogP contribution >= 0.6 is 0 Å². The Hall–Kier alpha value is -1.55. The number of oxime groups is 1. The Morgan fingerprint density at radius 3 is 2.84 bits per heavy atom. The highest BCUT2D eigenvalue weighted by Gasteiger charge is 2.15. The minimum absolute atomic E-state index is 0.253. The van der Waals surface area contributed by atoms with Crippen molar-refractivity contribution in [2.75, 3.05) is 13.2 Å². The molecule has 1 saturated heterocycles. The standard InChI is InChI=1S/C15H21NO3/c1-12(16-17)4-5-13-6-8-14(9-7-13)19-11-15-3-2-10-18-15/h6-9,15,17H,2-5,10-11H2,1H3/b16-12+. The summed E-state index contributed by atoms with van der Waals surface area (Å²) in [6.45, 7) is 3.31. The predicted octanol–water partition coefficient (Wildman–Crippen LogP) is 3.03. The Bertz CT molecular complexity index is 408. The van der Waals surface area contributed by atoms with Gasteiger partial charge in [0.1, 0.15) is 12.4 Å². The van der Waals surface area contributed by atoms with Crippen molar-refractivity contribution >= 4 is 5.71 Å². The predicted molar refractivity (Wildman–Crippen MR) is 74.1 cm³/mol. The molecule has 1 aromatic carbocycles. The fourth-order valence-electron chi connectivity index (χ4n) is 2.09. The van der Waals surface area contributed by atoms with Gasteiger partial charge in [0.05, 0.1) is 11.8 Å². The lowest BCUT2D eigenvalue weighted by Crippen LogP contribution is -2.16.